The van der Waals surface area contributed by atoms with Crippen LogP contribution in [0.4, 0.5) is 13.2 Å². The minimum absolute atomic E-state index is 0.123. The minimum atomic E-state index is -0.697. The lowest BCUT2D eigenvalue weighted by molar-refractivity contribution is 0.0953. The number of benzene rings is 2. The zero-order valence-electron chi connectivity index (χ0n) is 19.8. The number of ether oxygens (including phenoxy) is 3. The number of nitrogens with one attached hydrogen (secondary N) is 2. The van der Waals surface area contributed by atoms with Gasteiger partial charge in [0.2, 0.25) is 6.79 Å². The normalized spacial score (nSPS) is 18.6. The molecule has 1 atom stereocenters. The van der Waals surface area contributed by atoms with Crippen molar-refractivity contribution in [3.8, 4) is 17.2 Å². The first-order valence-corrected chi connectivity index (χ1v) is 12.0. The molecule has 2 aromatic carbocycles. The van der Waals surface area contributed by atoms with E-state index in [1.807, 2.05) is 18.2 Å². The van der Waals surface area contributed by atoms with Crippen LogP contribution in [-0.2, 0) is 0 Å². The van der Waals surface area contributed by atoms with Gasteiger partial charge in [-0.25, -0.2) is 13.2 Å². The fourth-order valence-electron chi connectivity index (χ4n) is 4.07. The molecule has 0 aromatic heterocycles. The van der Waals surface area contributed by atoms with E-state index in [-0.39, 0.29) is 24.1 Å². The molecule has 9 heteroatoms. The smallest absolute Gasteiger partial charge is 0.254 e. The molecule has 1 amide bonds. The van der Waals surface area contributed by atoms with Crippen LogP contribution in [-0.4, -0.2) is 38.9 Å². The van der Waals surface area contributed by atoms with Crippen LogP contribution in [0.3, 0.4) is 0 Å². The number of allylic oxidation sites excluding steroid dienone is 2. The fraction of sp³-hybridized carbons (Fsp3) is 0.370. The third kappa shape index (κ3) is 6.81. The average molecular weight is 503 g/mol. The van der Waals surface area contributed by atoms with Crippen molar-refractivity contribution in [1.29, 1.82) is 0 Å². The number of halogens is 3. The van der Waals surface area contributed by atoms with E-state index in [0.29, 0.717) is 19.1 Å². The van der Waals surface area contributed by atoms with Crippen molar-refractivity contribution >= 4 is 5.91 Å². The zero-order valence-corrected chi connectivity index (χ0v) is 19.8. The second kappa shape index (κ2) is 12.5. The Bertz CT molecular complexity index is 1130. The summed E-state index contributed by atoms with van der Waals surface area (Å²) >= 11 is 0. The van der Waals surface area contributed by atoms with Crippen molar-refractivity contribution in [3.63, 3.8) is 0 Å². The molecule has 6 nitrogen and oxygen atoms in total. The maximum atomic E-state index is 13.4. The van der Waals surface area contributed by atoms with E-state index in [2.05, 4.69) is 10.6 Å². The summed E-state index contributed by atoms with van der Waals surface area (Å²) in [6.45, 7) is 2.99. The van der Waals surface area contributed by atoms with E-state index < -0.39 is 23.4 Å². The number of hydrogen-bond donors (Lipinski definition) is 2. The number of hydrogen-bond acceptors (Lipinski definition) is 5. The van der Waals surface area contributed by atoms with Gasteiger partial charge >= 0.3 is 0 Å². The van der Waals surface area contributed by atoms with Crippen molar-refractivity contribution in [3.05, 3.63) is 77.1 Å². The maximum absolute atomic E-state index is 13.4. The summed E-state index contributed by atoms with van der Waals surface area (Å²) in [6, 6.07) is 11.2. The molecule has 1 saturated heterocycles. The first-order chi connectivity index (χ1) is 17.5. The molecule has 1 unspecified atom stereocenters. The zero-order chi connectivity index (χ0) is 25.3. The van der Waals surface area contributed by atoms with Crippen LogP contribution in [0.1, 0.15) is 36.0 Å². The molecule has 2 aromatic rings. The van der Waals surface area contributed by atoms with E-state index in [9.17, 15) is 18.0 Å². The molecule has 0 bridgehead atoms. The van der Waals surface area contributed by atoms with Crippen molar-refractivity contribution in [2.45, 2.75) is 25.7 Å². The van der Waals surface area contributed by atoms with Gasteiger partial charge in [0, 0.05) is 37.1 Å². The molecule has 5 rings (SSSR count). The Morgan fingerprint density at radius 1 is 1.11 bits per heavy atom. The van der Waals surface area contributed by atoms with Gasteiger partial charge < -0.3 is 24.8 Å². The van der Waals surface area contributed by atoms with Crippen LogP contribution in [0, 0.1) is 11.7 Å². The average Bonchev–Trinajstić information content (AvgIpc) is 3.36. The molecular weight excluding hydrogens is 473 g/mol. The van der Waals surface area contributed by atoms with Gasteiger partial charge in [0.1, 0.15) is 23.2 Å². The number of carbonyl (C=O) groups is 1. The number of amides is 1. The van der Waals surface area contributed by atoms with Gasteiger partial charge in [0.05, 0.1) is 12.2 Å². The minimum Gasteiger partial charge on any atom is -0.493 e. The lowest BCUT2D eigenvalue weighted by Gasteiger charge is -2.22. The van der Waals surface area contributed by atoms with Crippen LogP contribution in [0.25, 0.3) is 0 Å². The molecular formula is C27H29F3N2O4. The second-order valence-electron chi connectivity index (χ2n) is 8.68. The van der Waals surface area contributed by atoms with E-state index in [1.54, 1.807) is 0 Å². The van der Waals surface area contributed by atoms with Gasteiger partial charge in [-0.05, 0) is 56.1 Å². The number of piperidine rings is 1. The molecule has 2 heterocycles. The third-order valence-corrected chi connectivity index (χ3v) is 6.08. The van der Waals surface area contributed by atoms with E-state index in [0.717, 1.165) is 43.0 Å². The van der Waals surface area contributed by atoms with Gasteiger partial charge in [-0.3, -0.25) is 4.79 Å². The molecule has 1 fully saturated rings. The van der Waals surface area contributed by atoms with Crippen molar-refractivity contribution in [2.75, 3.05) is 33.0 Å². The van der Waals surface area contributed by atoms with Gasteiger partial charge in [0.15, 0.2) is 11.5 Å². The van der Waals surface area contributed by atoms with Crippen molar-refractivity contribution in [2.24, 2.45) is 5.92 Å². The largest absolute Gasteiger partial charge is 0.493 e. The molecule has 0 saturated carbocycles. The first-order valence-electron chi connectivity index (χ1n) is 12.0. The Labute approximate surface area is 208 Å². The molecule has 2 aliphatic heterocycles. The Hall–Kier alpha value is -3.46. The lowest BCUT2D eigenvalue weighted by Crippen LogP contribution is -2.33. The first kappa shape index (κ1) is 25.6. The summed E-state index contributed by atoms with van der Waals surface area (Å²) in [4.78, 5) is 11.7. The molecule has 3 aliphatic rings. The number of fused-ring (bicyclic) bond motifs is 1. The summed E-state index contributed by atoms with van der Waals surface area (Å²) in [5, 5.41) is 5.70. The van der Waals surface area contributed by atoms with Crippen LogP contribution in [0.15, 0.2) is 65.8 Å². The highest BCUT2D eigenvalue weighted by Crippen LogP contribution is 2.35. The van der Waals surface area contributed by atoms with Crippen LogP contribution < -0.4 is 24.8 Å². The van der Waals surface area contributed by atoms with E-state index >= 15 is 0 Å². The van der Waals surface area contributed by atoms with Gasteiger partial charge in [-0.2, -0.15) is 0 Å². The van der Waals surface area contributed by atoms with Gasteiger partial charge in [0.25, 0.3) is 5.91 Å². The summed E-state index contributed by atoms with van der Waals surface area (Å²) in [6.07, 6.45) is 4.20. The van der Waals surface area contributed by atoms with Crippen molar-refractivity contribution < 1.29 is 32.2 Å². The quantitative estimate of drug-likeness (QED) is 0.567. The molecule has 0 radical (unpaired) electrons. The standard InChI is InChI=1S/C14H12F3NO.C13H17NO3/c15-11-5-2-1-4-9(11)14(19)18-8-10-12(16)6-3-7-13(10)17;1-2-10(7-14-5-1)8-15-11-3-4-12-13(6-11)17-9-16-12/h1-2,4-6H,3,7-8H2,(H,18,19);3-4,6,10,14H,1-2,5,7-9H2. The molecule has 2 N–H and O–H groups in total. The number of rotatable bonds is 6. The topological polar surface area (TPSA) is 68.8 Å². The van der Waals surface area contributed by atoms with Crippen LogP contribution in [0.2, 0.25) is 0 Å². The lowest BCUT2D eigenvalue weighted by atomic mass is 10.0. The molecule has 1 aliphatic carbocycles. The predicted molar refractivity (Wildman–Crippen MR) is 129 cm³/mol. The van der Waals surface area contributed by atoms with Crippen LogP contribution in [0.5, 0.6) is 17.2 Å². The summed E-state index contributed by atoms with van der Waals surface area (Å²) in [5.41, 5.74) is -0.320. The Morgan fingerprint density at radius 2 is 1.94 bits per heavy atom. The third-order valence-electron chi connectivity index (χ3n) is 6.08. The predicted octanol–water partition coefficient (Wildman–Crippen LogP) is 5.22. The van der Waals surface area contributed by atoms with Crippen molar-refractivity contribution in [1.82, 2.24) is 10.6 Å². The Balaban J connectivity index is 0.000000170. The highest BCUT2D eigenvalue weighted by atomic mass is 19.1. The molecule has 0 spiro atoms. The SMILES string of the molecule is O=C(NCC1=C(F)CCC=C1F)c1ccccc1F.c1cc2c(cc1OCC1CCCNC1)OCO2. The highest BCUT2D eigenvalue weighted by Gasteiger charge is 2.19. The monoisotopic (exact) mass is 502 g/mol. The van der Waals surface area contributed by atoms with E-state index in [1.165, 1.54) is 37.1 Å². The second-order valence-corrected chi connectivity index (χ2v) is 8.68. The van der Waals surface area contributed by atoms with Gasteiger partial charge in [-0.15, -0.1) is 0 Å². The summed E-state index contributed by atoms with van der Waals surface area (Å²) in [7, 11) is 0. The fourth-order valence-corrected chi connectivity index (χ4v) is 4.07. The van der Waals surface area contributed by atoms with Gasteiger partial charge in [-0.1, -0.05) is 12.1 Å². The van der Waals surface area contributed by atoms with E-state index in [4.69, 9.17) is 14.2 Å². The summed E-state index contributed by atoms with van der Waals surface area (Å²) < 4.78 is 56.5. The molecule has 192 valence electrons. The Morgan fingerprint density at radius 3 is 2.72 bits per heavy atom. The van der Waals surface area contributed by atoms with Crippen LogP contribution >= 0.6 is 0 Å². The number of carbonyl (C=O) groups excluding carboxylic acids is 1. The maximum Gasteiger partial charge on any atom is 0.254 e. The summed E-state index contributed by atoms with van der Waals surface area (Å²) in [5.74, 6) is 0.451. The Kier molecular flexibility index (Phi) is 8.89. The molecule has 36 heavy (non-hydrogen) atoms. The highest BCUT2D eigenvalue weighted by molar-refractivity contribution is 5.94.